The molecule has 0 saturated heterocycles. The van der Waals surface area contributed by atoms with Gasteiger partial charge >= 0.3 is 0 Å². The van der Waals surface area contributed by atoms with Crippen LogP contribution in [0.15, 0.2) is 0 Å². The maximum Gasteiger partial charge on any atom is 0.221 e. The van der Waals surface area contributed by atoms with Crippen molar-refractivity contribution in [2.75, 3.05) is 0 Å². The molecule has 0 radical (unpaired) electrons. The summed E-state index contributed by atoms with van der Waals surface area (Å²) in [4.78, 5) is 16.4. The third-order valence-electron chi connectivity index (χ3n) is 3.31. The van der Waals surface area contributed by atoms with Gasteiger partial charge in [-0.3, -0.25) is 4.79 Å². The van der Waals surface area contributed by atoms with Crippen molar-refractivity contribution in [3.05, 3.63) is 11.5 Å². The zero-order chi connectivity index (χ0) is 15.6. The largest absolute Gasteiger partial charge is 0.354 e. The molecular weight excluding hydrogens is 290 g/mol. The SMILES string of the molecule is CCn1nc(C)c2nc(CCl)n(CCC(=O)NC(C)C)c21. The van der Waals surface area contributed by atoms with Gasteiger partial charge < -0.3 is 9.88 Å². The molecule has 2 aromatic rings. The van der Waals surface area contributed by atoms with Gasteiger partial charge in [-0.15, -0.1) is 11.6 Å². The van der Waals surface area contributed by atoms with Crippen LogP contribution in [0.3, 0.4) is 0 Å². The second-order valence-electron chi connectivity index (χ2n) is 5.36. The number of rotatable bonds is 6. The van der Waals surface area contributed by atoms with E-state index in [4.69, 9.17) is 11.6 Å². The molecular formula is C14H22ClN5O. The fraction of sp³-hybridized carbons (Fsp3) is 0.643. The topological polar surface area (TPSA) is 64.7 Å². The van der Waals surface area contributed by atoms with Gasteiger partial charge in [0.25, 0.3) is 0 Å². The molecule has 116 valence electrons. The van der Waals surface area contributed by atoms with E-state index in [1.165, 1.54) is 0 Å². The quantitative estimate of drug-likeness (QED) is 0.832. The van der Waals surface area contributed by atoms with Crippen LogP contribution in [0.25, 0.3) is 11.2 Å². The highest BCUT2D eigenvalue weighted by Gasteiger charge is 2.18. The average Bonchev–Trinajstić information content (AvgIpc) is 2.93. The zero-order valence-electron chi connectivity index (χ0n) is 13.0. The molecule has 1 amide bonds. The second kappa shape index (κ2) is 6.47. The Bertz CT molecular complexity index is 643. The van der Waals surface area contributed by atoms with Crippen LogP contribution in [-0.4, -0.2) is 31.3 Å². The Morgan fingerprint density at radius 2 is 2.14 bits per heavy atom. The molecule has 6 nitrogen and oxygen atoms in total. The number of aryl methyl sites for hydroxylation is 3. The van der Waals surface area contributed by atoms with Gasteiger partial charge in [-0.1, -0.05) is 0 Å². The van der Waals surface area contributed by atoms with Gasteiger partial charge in [-0.2, -0.15) is 5.10 Å². The molecule has 0 aliphatic carbocycles. The number of amides is 1. The van der Waals surface area contributed by atoms with Gasteiger partial charge in [0, 0.05) is 25.6 Å². The standard InChI is InChI=1S/C14H22ClN5O/c1-5-20-14-13(10(4)18-20)17-11(8-15)19(14)7-6-12(21)16-9(2)3/h9H,5-8H2,1-4H3,(H,16,21). The highest BCUT2D eigenvalue weighted by Crippen LogP contribution is 2.21. The van der Waals surface area contributed by atoms with Crippen molar-refractivity contribution in [1.82, 2.24) is 24.6 Å². The molecule has 0 aliphatic rings. The highest BCUT2D eigenvalue weighted by atomic mass is 35.5. The van der Waals surface area contributed by atoms with Crippen LogP contribution in [0.1, 0.15) is 38.7 Å². The van der Waals surface area contributed by atoms with Gasteiger partial charge in [-0.05, 0) is 27.7 Å². The summed E-state index contributed by atoms with van der Waals surface area (Å²) in [5, 5.41) is 7.37. The van der Waals surface area contributed by atoms with E-state index >= 15 is 0 Å². The summed E-state index contributed by atoms with van der Waals surface area (Å²) in [6.07, 6.45) is 0.404. The van der Waals surface area contributed by atoms with Crippen LogP contribution >= 0.6 is 11.6 Å². The van der Waals surface area contributed by atoms with E-state index in [0.29, 0.717) is 18.8 Å². The third-order valence-corrected chi connectivity index (χ3v) is 3.55. The Hall–Kier alpha value is -1.56. The second-order valence-corrected chi connectivity index (χ2v) is 5.63. The number of nitrogens with zero attached hydrogens (tertiary/aromatic N) is 4. The van der Waals surface area contributed by atoms with Crippen LogP contribution in [-0.2, 0) is 23.8 Å². The molecule has 1 N–H and O–H groups in total. The van der Waals surface area contributed by atoms with E-state index in [1.807, 2.05) is 36.9 Å². The normalized spacial score (nSPS) is 11.5. The van der Waals surface area contributed by atoms with E-state index in [1.54, 1.807) is 0 Å². The van der Waals surface area contributed by atoms with Crippen LogP contribution in [0.5, 0.6) is 0 Å². The number of halogens is 1. The Morgan fingerprint density at radius 1 is 1.43 bits per heavy atom. The van der Waals surface area contributed by atoms with E-state index in [9.17, 15) is 4.79 Å². The van der Waals surface area contributed by atoms with E-state index in [-0.39, 0.29) is 11.9 Å². The van der Waals surface area contributed by atoms with Gasteiger partial charge in [0.1, 0.15) is 11.3 Å². The zero-order valence-corrected chi connectivity index (χ0v) is 13.7. The van der Waals surface area contributed by atoms with Crippen molar-refractivity contribution in [2.45, 2.75) is 59.1 Å². The Balaban J connectivity index is 2.30. The summed E-state index contributed by atoms with van der Waals surface area (Å²) in [5.41, 5.74) is 2.71. The molecule has 2 aromatic heterocycles. The number of aromatic nitrogens is 4. The lowest BCUT2D eigenvalue weighted by molar-refractivity contribution is -0.121. The highest BCUT2D eigenvalue weighted by molar-refractivity contribution is 6.16. The lowest BCUT2D eigenvalue weighted by atomic mass is 10.3. The van der Waals surface area contributed by atoms with Crippen molar-refractivity contribution in [3.63, 3.8) is 0 Å². The Labute approximate surface area is 129 Å². The molecule has 7 heteroatoms. The van der Waals surface area contributed by atoms with Gasteiger partial charge in [-0.25, -0.2) is 9.67 Å². The molecule has 21 heavy (non-hydrogen) atoms. The van der Waals surface area contributed by atoms with Crippen LogP contribution in [0, 0.1) is 6.92 Å². The predicted octanol–water partition coefficient (Wildman–Crippen LogP) is 2.21. The van der Waals surface area contributed by atoms with Crippen LogP contribution in [0.2, 0.25) is 0 Å². The van der Waals surface area contributed by atoms with Crippen molar-refractivity contribution >= 4 is 28.7 Å². The maximum absolute atomic E-state index is 11.8. The number of carbonyl (C=O) groups is 1. The first-order chi connectivity index (χ1) is 9.97. The van der Waals surface area contributed by atoms with E-state index in [0.717, 1.165) is 29.2 Å². The maximum atomic E-state index is 11.8. The Kier molecular flexibility index (Phi) is 4.88. The molecule has 0 atom stereocenters. The minimum absolute atomic E-state index is 0.0339. The fourth-order valence-corrected chi connectivity index (χ4v) is 2.64. The summed E-state index contributed by atoms with van der Waals surface area (Å²) in [6.45, 7) is 9.20. The third kappa shape index (κ3) is 3.20. The summed E-state index contributed by atoms with van der Waals surface area (Å²) in [6, 6.07) is 0.149. The van der Waals surface area contributed by atoms with Gasteiger partial charge in [0.15, 0.2) is 5.65 Å². The summed E-state index contributed by atoms with van der Waals surface area (Å²) in [5.74, 6) is 1.14. The van der Waals surface area contributed by atoms with Crippen molar-refractivity contribution < 1.29 is 4.79 Å². The number of imidazole rings is 1. The summed E-state index contributed by atoms with van der Waals surface area (Å²) in [7, 11) is 0. The first kappa shape index (κ1) is 15.8. The minimum atomic E-state index is 0.0339. The molecule has 0 unspecified atom stereocenters. The first-order valence-corrected chi connectivity index (χ1v) is 7.79. The van der Waals surface area contributed by atoms with E-state index in [2.05, 4.69) is 15.4 Å². The number of hydrogen-bond acceptors (Lipinski definition) is 3. The monoisotopic (exact) mass is 311 g/mol. The average molecular weight is 312 g/mol. The van der Waals surface area contributed by atoms with Crippen molar-refractivity contribution in [3.8, 4) is 0 Å². The molecule has 0 fully saturated rings. The molecule has 2 rings (SSSR count). The van der Waals surface area contributed by atoms with Gasteiger partial charge in [0.05, 0.1) is 11.6 Å². The van der Waals surface area contributed by atoms with E-state index < -0.39 is 0 Å². The van der Waals surface area contributed by atoms with Crippen molar-refractivity contribution in [2.24, 2.45) is 0 Å². The van der Waals surface area contributed by atoms with Crippen LogP contribution < -0.4 is 5.32 Å². The number of carbonyl (C=O) groups excluding carboxylic acids is 1. The molecule has 2 heterocycles. The summed E-state index contributed by atoms with van der Waals surface area (Å²) >= 11 is 5.99. The molecule has 0 bridgehead atoms. The molecule has 0 aromatic carbocycles. The first-order valence-electron chi connectivity index (χ1n) is 7.25. The number of alkyl halides is 1. The number of nitrogens with one attached hydrogen (secondary N) is 1. The molecule has 0 aliphatic heterocycles. The Morgan fingerprint density at radius 3 is 2.71 bits per heavy atom. The molecule has 0 saturated carbocycles. The van der Waals surface area contributed by atoms with Crippen molar-refractivity contribution in [1.29, 1.82) is 0 Å². The van der Waals surface area contributed by atoms with Gasteiger partial charge in [0.2, 0.25) is 5.91 Å². The number of hydrogen-bond donors (Lipinski definition) is 1. The predicted molar refractivity (Wildman–Crippen MR) is 83.4 cm³/mol. The minimum Gasteiger partial charge on any atom is -0.354 e. The molecule has 0 spiro atoms. The lowest BCUT2D eigenvalue weighted by Crippen LogP contribution is -2.30. The van der Waals surface area contributed by atoms with Crippen LogP contribution in [0.4, 0.5) is 0 Å². The lowest BCUT2D eigenvalue weighted by Gasteiger charge is -2.11. The fourth-order valence-electron chi connectivity index (χ4n) is 2.43. The summed E-state index contributed by atoms with van der Waals surface area (Å²) < 4.78 is 3.92. The smallest absolute Gasteiger partial charge is 0.221 e. The number of fused-ring (bicyclic) bond motifs is 1.